The van der Waals surface area contributed by atoms with Crippen molar-refractivity contribution in [1.29, 1.82) is 5.26 Å². The van der Waals surface area contributed by atoms with E-state index in [-0.39, 0.29) is 4.90 Å². The van der Waals surface area contributed by atoms with E-state index >= 15 is 0 Å². The minimum absolute atomic E-state index is 0.0620. The lowest BCUT2D eigenvalue weighted by molar-refractivity contribution is 0.601. The van der Waals surface area contributed by atoms with Gasteiger partial charge in [-0.25, -0.2) is 13.4 Å². The Labute approximate surface area is 154 Å². The molecule has 3 rings (SSSR count). The molecular weight excluding hydrogens is 374 g/mol. The van der Waals surface area contributed by atoms with Gasteiger partial charge in [-0.3, -0.25) is 4.72 Å². The van der Waals surface area contributed by atoms with Gasteiger partial charge in [0.15, 0.2) is 4.34 Å². The van der Waals surface area contributed by atoms with Crippen molar-refractivity contribution in [2.75, 3.05) is 4.72 Å². The lowest BCUT2D eigenvalue weighted by Crippen LogP contribution is -2.12. The highest BCUT2D eigenvalue weighted by atomic mass is 32.2. The molecule has 0 saturated heterocycles. The summed E-state index contributed by atoms with van der Waals surface area (Å²) in [6.45, 7) is 4.21. The molecule has 8 heteroatoms. The molecule has 3 aromatic rings. The highest BCUT2D eigenvalue weighted by Gasteiger charge is 2.15. The summed E-state index contributed by atoms with van der Waals surface area (Å²) in [6.07, 6.45) is 0. The third-order valence-electron chi connectivity index (χ3n) is 3.23. The Kier molecular flexibility index (Phi) is 4.99. The number of hydrogen-bond donors (Lipinski definition) is 1. The quantitative estimate of drug-likeness (QED) is 0.651. The summed E-state index contributed by atoms with van der Waals surface area (Å²) in [5.74, 6) is 0. The molecule has 0 saturated carbocycles. The van der Waals surface area contributed by atoms with Gasteiger partial charge in [0.1, 0.15) is 0 Å². The molecule has 0 radical (unpaired) electrons. The van der Waals surface area contributed by atoms with Crippen LogP contribution in [0.3, 0.4) is 0 Å². The third-order valence-corrected chi connectivity index (χ3v) is 6.73. The Morgan fingerprint density at radius 1 is 1.24 bits per heavy atom. The van der Waals surface area contributed by atoms with Crippen LogP contribution in [0, 0.1) is 11.3 Å². The first kappa shape index (κ1) is 17.7. The van der Waals surface area contributed by atoms with Crippen molar-refractivity contribution in [3.8, 4) is 6.07 Å². The maximum Gasteiger partial charge on any atom is 0.261 e. The van der Waals surface area contributed by atoms with Gasteiger partial charge < -0.3 is 0 Å². The Balaban J connectivity index is 1.90. The van der Waals surface area contributed by atoms with Crippen molar-refractivity contribution < 1.29 is 8.42 Å². The first-order valence-electron chi connectivity index (χ1n) is 7.47. The molecule has 0 aliphatic carbocycles. The van der Waals surface area contributed by atoms with Crippen LogP contribution in [0.4, 0.5) is 5.69 Å². The van der Waals surface area contributed by atoms with Crippen molar-refractivity contribution in [3.63, 3.8) is 0 Å². The summed E-state index contributed by atoms with van der Waals surface area (Å²) >= 11 is 3.22. The van der Waals surface area contributed by atoms with E-state index in [1.807, 2.05) is 6.07 Å². The predicted molar refractivity (Wildman–Crippen MR) is 103 cm³/mol. The normalized spacial score (nSPS) is 11.6. The van der Waals surface area contributed by atoms with E-state index in [0.29, 0.717) is 16.5 Å². The summed E-state index contributed by atoms with van der Waals surface area (Å²) in [6, 6.07) is 13.2. The van der Waals surface area contributed by atoms with Gasteiger partial charge in [-0.2, -0.15) is 5.26 Å². The van der Waals surface area contributed by atoms with E-state index in [1.54, 1.807) is 53.4 Å². The second kappa shape index (κ2) is 7.04. The van der Waals surface area contributed by atoms with Gasteiger partial charge in [-0.05, 0) is 36.4 Å². The zero-order valence-electron chi connectivity index (χ0n) is 13.6. The molecule has 0 bridgehead atoms. The molecule has 1 aromatic heterocycles. The second-order valence-electron chi connectivity index (χ2n) is 5.57. The number of rotatable bonds is 5. The van der Waals surface area contributed by atoms with Crippen LogP contribution in [0.5, 0.6) is 0 Å². The second-order valence-corrected chi connectivity index (χ2v) is 10.1. The number of benzene rings is 2. The Morgan fingerprint density at radius 3 is 2.76 bits per heavy atom. The van der Waals surface area contributed by atoms with Gasteiger partial charge in [-0.15, -0.1) is 11.3 Å². The monoisotopic (exact) mass is 389 g/mol. The van der Waals surface area contributed by atoms with E-state index in [1.165, 1.54) is 12.1 Å². The molecule has 1 heterocycles. The van der Waals surface area contributed by atoms with Gasteiger partial charge in [0.05, 0.1) is 32.4 Å². The molecule has 0 amide bonds. The maximum absolute atomic E-state index is 12.5. The van der Waals surface area contributed by atoms with Gasteiger partial charge in [0, 0.05) is 5.25 Å². The van der Waals surface area contributed by atoms with Crippen LogP contribution in [0.15, 0.2) is 51.7 Å². The number of nitrogens with zero attached hydrogens (tertiary/aromatic N) is 2. The number of thioether (sulfide) groups is 1. The number of anilines is 1. The van der Waals surface area contributed by atoms with E-state index in [0.717, 1.165) is 14.6 Å². The van der Waals surface area contributed by atoms with Crippen molar-refractivity contribution in [1.82, 2.24) is 4.98 Å². The molecular formula is C17H15N3O2S3. The zero-order chi connectivity index (χ0) is 18.0. The summed E-state index contributed by atoms with van der Waals surface area (Å²) in [5.41, 5.74) is 1.62. The average molecular weight is 390 g/mol. The van der Waals surface area contributed by atoms with Gasteiger partial charge in [0.2, 0.25) is 0 Å². The average Bonchev–Trinajstić information content (AvgIpc) is 2.95. The van der Waals surface area contributed by atoms with Crippen LogP contribution < -0.4 is 4.72 Å². The van der Waals surface area contributed by atoms with Crippen molar-refractivity contribution >= 4 is 49.0 Å². The highest BCUT2D eigenvalue weighted by Crippen LogP contribution is 2.33. The molecule has 0 aliphatic heterocycles. The van der Waals surface area contributed by atoms with Gasteiger partial charge in [-0.1, -0.05) is 31.7 Å². The molecule has 0 spiro atoms. The predicted octanol–water partition coefficient (Wildman–Crippen LogP) is 4.47. The number of nitriles is 1. The van der Waals surface area contributed by atoms with E-state index in [4.69, 9.17) is 5.26 Å². The van der Waals surface area contributed by atoms with Crippen molar-refractivity contribution in [3.05, 3.63) is 48.0 Å². The Morgan fingerprint density at radius 2 is 2.04 bits per heavy atom. The van der Waals surface area contributed by atoms with Crippen molar-refractivity contribution in [2.45, 2.75) is 28.3 Å². The molecule has 5 nitrogen and oxygen atoms in total. The third kappa shape index (κ3) is 4.12. The lowest BCUT2D eigenvalue weighted by atomic mass is 10.2. The molecule has 1 N–H and O–H groups in total. The van der Waals surface area contributed by atoms with Gasteiger partial charge >= 0.3 is 0 Å². The zero-order valence-corrected chi connectivity index (χ0v) is 16.0. The number of thiazole rings is 1. The van der Waals surface area contributed by atoms with E-state index < -0.39 is 10.0 Å². The van der Waals surface area contributed by atoms with Crippen LogP contribution >= 0.6 is 23.1 Å². The SMILES string of the molecule is CC(C)Sc1nc2ccc(NS(=O)(=O)c3cccc(C#N)c3)cc2s1. The fourth-order valence-corrected chi connectivity index (χ4v) is 5.59. The lowest BCUT2D eigenvalue weighted by Gasteiger charge is -2.08. The minimum atomic E-state index is -3.75. The van der Waals surface area contributed by atoms with Crippen LogP contribution in [0.25, 0.3) is 10.2 Å². The molecule has 2 aromatic carbocycles. The van der Waals surface area contributed by atoms with E-state index in [9.17, 15) is 8.42 Å². The summed E-state index contributed by atoms with van der Waals surface area (Å²) < 4.78 is 29.5. The van der Waals surface area contributed by atoms with Crippen LogP contribution in [0.1, 0.15) is 19.4 Å². The molecule has 25 heavy (non-hydrogen) atoms. The number of hydrogen-bond acceptors (Lipinski definition) is 6. The van der Waals surface area contributed by atoms with E-state index in [2.05, 4.69) is 23.6 Å². The first-order valence-corrected chi connectivity index (χ1v) is 10.7. The minimum Gasteiger partial charge on any atom is -0.280 e. The fourth-order valence-electron chi connectivity index (χ4n) is 2.17. The molecule has 0 aliphatic rings. The number of aromatic nitrogens is 1. The number of nitrogens with one attached hydrogen (secondary N) is 1. The number of sulfonamides is 1. The molecule has 0 atom stereocenters. The van der Waals surface area contributed by atoms with Crippen LogP contribution in [0.2, 0.25) is 0 Å². The van der Waals surface area contributed by atoms with Gasteiger partial charge in [0.25, 0.3) is 10.0 Å². The largest absolute Gasteiger partial charge is 0.280 e. The summed E-state index contributed by atoms with van der Waals surface area (Å²) in [4.78, 5) is 4.60. The molecule has 128 valence electrons. The highest BCUT2D eigenvalue weighted by molar-refractivity contribution is 8.01. The Bertz CT molecular complexity index is 1070. The Hall–Kier alpha value is -2.08. The standard InChI is InChI=1S/C17H15N3O2S3/c1-11(2)23-17-19-15-7-6-13(9-16(15)24-17)20-25(21,22)14-5-3-4-12(8-14)10-18/h3-9,11,20H,1-2H3. The number of fused-ring (bicyclic) bond motifs is 1. The smallest absolute Gasteiger partial charge is 0.261 e. The van der Waals surface area contributed by atoms with Crippen molar-refractivity contribution in [2.24, 2.45) is 0 Å². The molecule has 0 fully saturated rings. The molecule has 0 unspecified atom stereocenters. The fraction of sp³-hybridized carbons (Fsp3) is 0.176. The van der Waals surface area contributed by atoms with Crippen LogP contribution in [-0.4, -0.2) is 18.7 Å². The summed E-state index contributed by atoms with van der Waals surface area (Å²) in [5, 5.41) is 9.36. The maximum atomic E-state index is 12.5. The first-order chi connectivity index (χ1) is 11.9. The van der Waals surface area contributed by atoms with Crippen LogP contribution in [-0.2, 0) is 10.0 Å². The summed E-state index contributed by atoms with van der Waals surface area (Å²) in [7, 11) is -3.75. The topological polar surface area (TPSA) is 82.8 Å².